The van der Waals surface area contributed by atoms with Crippen molar-refractivity contribution in [2.45, 2.75) is 29.5 Å². The van der Waals surface area contributed by atoms with E-state index in [0.717, 1.165) is 29.7 Å². The Morgan fingerprint density at radius 3 is 2.33 bits per heavy atom. The van der Waals surface area contributed by atoms with Crippen molar-refractivity contribution in [3.05, 3.63) is 65.2 Å². The molecule has 0 amide bonds. The molecule has 4 nitrogen and oxygen atoms in total. The van der Waals surface area contributed by atoms with Crippen LogP contribution in [0.4, 0.5) is 0 Å². The van der Waals surface area contributed by atoms with Gasteiger partial charge in [-0.2, -0.15) is 0 Å². The Labute approximate surface area is 143 Å². The monoisotopic (exact) mass is 345 g/mol. The SMILES string of the molecule is COCCCNC1c2ccccc2C(C)S(=O)(=O)c2ccccc21. The number of rotatable bonds is 5. The molecule has 1 heterocycles. The van der Waals surface area contributed by atoms with E-state index in [2.05, 4.69) is 5.32 Å². The van der Waals surface area contributed by atoms with E-state index >= 15 is 0 Å². The van der Waals surface area contributed by atoms with E-state index in [-0.39, 0.29) is 6.04 Å². The number of benzene rings is 2. The molecule has 1 N–H and O–H groups in total. The van der Waals surface area contributed by atoms with Gasteiger partial charge >= 0.3 is 0 Å². The molecule has 0 bridgehead atoms. The Morgan fingerprint density at radius 1 is 1.00 bits per heavy atom. The first-order valence-corrected chi connectivity index (χ1v) is 9.76. The summed E-state index contributed by atoms with van der Waals surface area (Å²) in [5, 5.41) is 2.97. The molecule has 1 aliphatic heterocycles. The minimum absolute atomic E-state index is 0.131. The van der Waals surface area contributed by atoms with Crippen LogP contribution in [0.1, 0.15) is 41.3 Å². The van der Waals surface area contributed by atoms with Crippen molar-refractivity contribution in [1.82, 2.24) is 5.32 Å². The van der Waals surface area contributed by atoms with Crippen molar-refractivity contribution >= 4 is 9.84 Å². The Bertz CT molecular complexity index is 817. The molecule has 0 radical (unpaired) electrons. The molecule has 2 aromatic carbocycles. The normalized spacial score (nSPS) is 21.6. The number of ether oxygens (including phenoxy) is 1. The first-order valence-electron chi connectivity index (χ1n) is 8.21. The minimum atomic E-state index is -3.40. The molecule has 0 fully saturated rings. The Balaban J connectivity index is 2.12. The van der Waals surface area contributed by atoms with Crippen LogP contribution in [-0.4, -0.2) is 28.7 Å². The topological polar surface area (TPSA) is 55.4 Å². The number of nitrogens with one attached hydrogen (secondary N) is 1. The van der Waals surface area contributed by atoms with Gasteiger partial charge in [0.15, 0.2) is 9.84 Å². The summed E-state index contributed by atoms with van der Waals surface area (Å²) in [6, 6.07) is 15.0. The zero-order valence-electron chi connectivity index (χ0n) is 14.0. The van der Waals surface area contributed by atoms with Gasteiger partial charge in [-0.05, 0) is 42.6 Å². The highest BCUT2D eigenvalue weighted by atomic mass is 32.2. The summed E-state index contributed by atoms with van der Waals surface area (Å²) >= 11 is 0. The molecule has 0 spiro atoms. The molecular formula is C19H23NO3S. The molecule has 2 aromatic rings. The number of hydrogen-bond donors (Lipinski definition) is 1. The molecule has 2 atom stereocenters. The van der Waals surface area contributed by atoms with Gasteiger partial charge in [-0.25, -0.2) is 8.42 Å². The van der Waals surface area contributed by atoms with E-state index in [0.29, 0.717) is 11.5 Å². The average Bonchev–Trinajstić information content (AvgIpc) is 2.67. The van der Waals surface area contributed by atoms with Crippen LogP contribution in [0.2, 0.25) is 0 Å². The predicted molar refractivity (Wildman–Crippen MR) is 94.8 cm³/mol. The predicted octanol–water partition coefficient (Wildman–Crippen LogP) is 3.25. The molecule has 0 aromatic heterocycles. The largest absolute Gasteiger partial charge is 0.385 e. The van der Waals surface area contributed by atoms with Crippen molar-refractivity contribution in [2.24, 2.45) is 0 Å². The Morgan fingerprint density at radius 2 is 1.62 bits per heavy atom. The van der Waals surface area contributed by atoms with Crippen LogP contribution in [0.5, 0.6) is 0 Å². The van der Waals surface area contributed by atoms with Crippen LogP contribution < -0.4 is 5.32 Å². The number of methoxy groups -OCH3 is 1. The summed E-state index contributed by atoms with van der Waals surface area (Å²) in [4.78, 5) is 0.429. The number of fused-ring (bicyclic) bond motifs is 2. The van der Waals surface area contributed by atoms with E-state index in [1.165, 1.54) is 0 Å². The van der Waals surface area contributed by atoms with Crippen molar-refractivity contribution in [3.8, 4) is 0 Å². The minimum Gasteiger partial charge on any atom is -0.385 e. The van der Waals surface area contributed by atoms with Gasteiger partial charge in [0.05, 0.1) is 16.2 Å². The van der Waals surface area contributed by atoms with Crippen LogP contribution in [0.15, 0.2) is 53.4 Å². The van der Waals surface area contributed by atoms with E-state index in [9.17, 15) is 8.42 Å². The zero-order valence-corrected chi connectivity index (χ0v) is 14.8. The van der Waals surface area contributed by atoms with Gasteiger partial charge in [0, 0.05) is 13.7 Å². The van der Waals surface area contributed by atoms with Crippen LogP contribution in [0, 0.1) is 0 Å². The highest BCUT2D eigenvalue weighted by Crippen LogP contribution is 2.41. The standard InChI is InChI=1S/C19H23NO3S/c1-14-15-8-3-4-9-16(15)19(20-12-7-13-23-2)17-10-5-6-11-18(17)24(14,21)22/h3-6,8-11,14,19-20H,7,12-13H2,1-2H3. The summed E-state index contributed by atoms with van der Waals surface area (Å²) in [5.41, 5.74) is 2.74. The van der Waals surface area contributed by atoms with Crippen LogP contribution in [0.3, 0.4) is 0 Å². The zero-order chi connectivity index (χ0) is 17.2. The third-order valence-electron chi connectivity index (χ3n) is 4.62. The van der Waals surface area contributed by atoms with Crippen molar-refractivity contribution in [2.75, 3.05) is 20.3 Å². The molecular weight excluding hydrogens is 322 g/mol. The summed E-state index contributed by atoms with van der Waals surface area (Å²) in [7, 11) is -1.72. The van der Waals surface area contributed by atoms with Gasteiger partial charge in [-0.1, -0.05) is 42.5 Å². The fraction of sp³-hybridized carbons (Fsp3) is 0.368. The van der Waals surface area contributed by atoms with E-state index < -0.39 is 15.1 Å². The summed E-state index contributed by atoms with van der Waals surface area (Å²) < 4.78 is 31.2. The second-order valence-electron chi connectivity index (χ2n) is 6.09. The Kier molecular flexibility index (Phi) is 5.04. The smallest absolute Gasteiger partial charge is 0.185 e. The van der Waals surface area contributed by atoms with Gasteiger partial charge in [-0.3, -0.25) is 0 Å². The lowest BCUT2D eigenvalue weighted by Gasteiger charge is -2.21. The van der Waals surface area contributed by atoms with E-state index in [1.54, 1.807) is 26.2 Å². The average molecular weight is 345 g/mol. The molecule has 2 unspecified atom stereocenters. The second kappa shape index (κ2) is 7.05. The lowest BCUT2D eigenvalue weighted by molar-refractivity contribution is 0.193. The lowest BCUT2D eigenvalue weighted by Crippen LogP contribution is -2.25. The van der Waals surface area contributed by atoms with Crippen molar-refractivity contribution in [3.63, 3.8) is 0 Å². The van der Waals surface area contributed by atoms with Gasteiger partial charge in [-0.15, -0.1) is 0 Å². The molecule has 0 aliphatic carbocycles. The summed E-state index contributed by atoms with van der Waals surface area (Å²) in [5.74, 6) is 0. The van der Waals surface area contributed by atoms with Crippen LogP contribution >= 0.6 is 0 Å². The summed E-state index contributed by atoms with van der Waals surface area (Å²) in [6.45, 7) is 3.21. The highest BCUT2D eigenvalue weighted by Gasteiger charge is 2.35. The number of hydrogen-bond acceptors (Lipinski definition) is 4. The maximum absolute atomic E-state index is 13.1. The van der Waals surface area contributed by atoms with Gasteiger partial charge in [0.1, 0.15) is 0 Å². The lowest BCUT2D eigenvalue weighted by atomic mass is 9.93. The summed E-state index contributed by atoms with van der Waals surface area (Å²) in [6.07, 6.45) is 0.875. The maximum atomic E-state index is 13.1. The fourth-order valence-corrected chi connectivity index (χ4v) is 5.04. The molecule has 0 saturated heterocycles. The number of sulfone groups is 1. The fourth-order valence-electron chi connectivity index (χ4n) is 3.33. The first-order chi connectivity index (χ1) is 11.6. The second-order valence-corrected chi connectivity index (χ2v) is 8.32. The van der Waals surface area contributed by atoms with E-state index in [1.807, 2.05) is 36.4 Å². The Hall–Kier alpha value is -1.69. The molecule has 3 rings (SSSR count). The first kappa shape index (κ1) is 17.1. The molecule has 24 heavy (non-hydrogen) atoms. The molecule has 5 heteroatoms. The van der Waals surface area contributed by atoms with Crippen LogP contribution in [-0.2, 0) is 14.6 Å². The molecule has 0 saturated carbocycles. The van der Waals surface area contributed by atoms with E-state index in [4.69, 9.17) is 4.74 Å². The highest BCUT2D eigenvalue weighted by molar-refractivity contribution is 7.91. The third-order valence-corrected chi connectivity index (χ3v) is 6.79. The quantitative estimate of drug-likeness (QED) is 0.845. The maximum Gasteiger partial charge on any atom is 0.185 e. The molecule has 128 valence electrons. The third kappa shape index (κ3) is 2.99. The van der Waals surface area contributed by atoms with Crippen LogP contribution in [0.25, 0.3) is 0 Å². The van der Waals surface area contributed by atoms with Crippen molar-refractivity contribution < 1.29 is 13.2 Å². The van der Waals surface area contributed by atoms with Gasteiger partial charge in [0.25, 0.3) is 0 Å². The van der Waals surface area contributed by atoms with Crippen molar-refractivity contribution in [1.29, 1.82) is 0 Å². The molecule has 1 aliphatic rings. The van der Waals surface area contributed by atoms with Gasteiger partial charge < -0.3 is 10.1 Å². The van der Waals surface area contributed by atoms with Gasteiger partial charge in [0.2, 0.25) is 0 Å².